The zero-order valence-electron chi connectivity index (χ0n) is 13.2. The van der Waals surface area contributed by atoms with Gasteiger partial charge in [-0.15, -0.1) is 0 Å². The maximum atomic E-state index is 12.4. The second-order valence-corrected chi connectivity index (χ2v) is 5.97. The summed E-state index contributed by atoms with van der Waals surface area (Å²) in [5.41, 5.74) is 2.27. The van der Waals surface area contributed by atoms with Crippen molar-refractivity contribution >= 4 is 11.8 Å². The average Bonchev–Trinajstić information content (AvgIpc) is 3.39. The molecule has 0 atom stereocenters. The minimum absolute atomic E-state index is 0.0528. The van der Waals surface area contributed by atoms with Crippen molar-refractivity contribution < 1.29 is 9.59 Å². The molecule has 1 saturated carbocycles. The summed E-state index contributed by atoms with van der Waals surface area (Å²) < 4.78 is 0. The summed E-state index contributed by atoms with van der Waals surface area (Å²) in [6.07, 6.45) is 2.12. The van der Waals surface area contributed by atoms with Gasteiger partial charge in [0.2, 0.25) is 0 Å². The van der Waals surface area contributed by atoms with Gasteiger partial charge in [-0.3, -0.25) is 9.59 Å². The molecule has 1 fully saturated rings. The minimum Gasteiger partial charge on any atom is -0.349 e. The van der Waals surface area contributed by atoms with Gasteiger partial charge in [-0.2, -0.15) is 0 Å². The quantitative estimate of drug-likeness (QED) is 0.923. The highest BCUT2D eigenvalue weighted by molar-refractivity contribution is 5.97. The Kier molecular flexibility index (Phi) is 4.42. The van der Waals surface area contributed by atoms with Crippen LogP contribution < -0.4 is 5.32 Å². The largest absolute Gasteiger partial charge is 0.349 e. The van der Waals surface area contributed by atoms with Gasteiger partial charge in [0.15, 0.2) is 0 Å². The summed E-state index contributed by atoms with van der Waals surface area (Å²) in [6, 6.07) is 17.0. The number of carbonyl (C=O) groups excluding carboxylic acids is 2. The van der Waals surface area contributed by atoms with E-state index in [-0.39, 0.29) is 11.8 Å². The number of nitrogens with one attached hydrogen (secondary N) is 1. The van der Waals surface area contributed by atoms with Crippen molar-refractivity contribution in [2.24, 2.45) is 0 Å². The maximum Gasteiger partial charge on any atom is 0.253 e. The number of hydrogen-bond acceptors (Lipinski definition) is 2. The molecule has 0 saturated heterocycles. The highest BCUT2D eigenvalue weighted by Crippen LogP contribution is 2.19. The van der Waals surface area contributed by atoms with Gasteiger partial charge in [0.25, 0.3) is 11.8 Å². The van der Waals surface area contributed by atoms with E-state index in [1.807, 2.05) is 30.3 Å². The Balaban J connectivity index is 1.63. The van der Waals surface area contributed by atoms with Gasteiger partial charge in [-0.25, -0.2) is 0 Å². The minimum atomic E-state index is -0.0656. The topological polar surface area (TPSA) is 49.4 Å². The summed E-state index contributed by atoms with van der Waals surface area (Å²) in [5.74, 6) is -0.118. The lowest BCUT2D eigenvalue weighted by Crippen LogP contribution is -2.27. The van der Waals surface area contributed by atoms with Crippen LogP contribution in [0, 0.1) is 0 Å². The zero-order chi connectivity index (χ0) is 16.2. The van der Waals surface area contributed by atoms with Crippen molar-refractivity contribution in [3.05, 3.63) is 71.3 Å². The van der Waals surface area contributed by atoms with Gasteiger partial charge in [-0.1, -0.05) is 30.3 Å². The molecular formula is C19H20N2O2. The van der Waals surface area contributed by atoms with Crippen molar-refractivity contribution in [3.8, 4) is 0 Å². The molecule has 1 aliphatic rings. The normalized spacial score (nSPS) is 13.4. The number of amides is 2. The van der Waals surface area contributed by atoms with E-state index in [9.17, 15) is 9.59 Å². The highest BCUT2D eigenvalue weighted by atomic mass is 16.2. The lowest BCUT2D eigenvalue weighted by Gasteiger charge is -2.17. The van der Waals surface area contributed by atoms with E-state index >= 15 is 0 Å². The molecule has 2 aromatic rings. The van der Waals surface area contributed by atoms with Crippen LogP contribution in [0.4, 0.5) is 0 Å². The molecule has 0 bridgehead atoms. The molecule has 4 heteroatoms. The van der Waals surface area contributed by atoms with Crippen LogP contribution in [-0.4, -0.2) is 29.8 Å². The van der Waals surface area contributed by atoms with E-state index in [1.165, 1.54) is 0 Å². The summed E-state index contributed by atoms with van der Waals surface area (Å²) in [6.45, 7) is 0.559. The molecule has 23 heavy (non-hydrogen) atoms. The third kappa shape index (κ3) is 3.97. The van der Waals surface area contributed by atoms with Crippen molar-refractivity contribution in [1.29, 1.82) is 0 Å². The Morgan fingerprint density at radius 2 is 1.61 bits per heavy atom. The first-order valence-electron chi connectivity index (χ1n) is 7.84. The molecule has 0 spiro atoms. The highest BCUT2D eigenvalue weighted by Gasteiger charge is 2.23. The fourth-order valence-corrected chi connectivity index (χ4v) is 2.41. The Bertz CT molecular complexity index is 691. The lowest BCUT2D eigenvalue weighted by atomic mass is 10.1. The van der Waals surface area contributed by atoms with Crippen LogP contribution in [-0.2, 0) is 6.54 Å². The van der Waals surface area contributed by atoms with E-state index in [2.05, 4.69) is 5.32 Å². The summed E-state index contributed by atoms with van der Waals surface area (Å²) in [5, 5.41) is 2.94. The average molecular weight is 308 g/mol. The first kappa shape index (κ1) is 15.3. The fraction of sp³-hybridized carbons (Fsp3) is 0.263. The molecule has 1 aliphatic carbocycles. The number of carbonyl (C=O) groups is 2. The Morgan fingerprint density at radius 3 is 2.22 bits per heavy atom. The maximum absolute atomic E-state index is 12.4. The van der Waals surface area contributed by atoms with Crippen LogP contribution in [0.3, 0.4) is 0 Å². The van der Waals surface area contributed by atoms with Gasteiger partial charge < -0.3 is 10.2 Å². The van der Waals surface area contributed by atoms with Crippen molar-refractivity contribution in [2.45, 2.75) is 25.4 Å². The monoisotopic (exact) mass is 308 g/mol. The Hall–Kier alpha value is -2.62. The third-order valence-electron chi connectivity index (χ3n) is 3.92. The number of rotatable bonds is 5. The van der Waals surface area contributed by atoms with Gasteiger partial charge in [0.1, 0.15) is 0 Å². The van der Waals surface area contributed by atoms with E-state index in [4.69, 9.17) is 0 Å². The van der Waals surface area contributed by atoms with Crippen LogP contribution in [0.15, 0.2) is 54.6 Å². The summed E-state index contributed by atoms with van der Waals surface area (Å²) >= 11 is 0. The smallest absolute Gasteiger partial charge is 0.253 e. The zero-order valence-corrected chi connectivity index (χ0v) is 13.2. The molecule has 0 aliphatic heterocycles. The van der Waals surface area contributed by atoms with Crippen LogP contribution >= 0.6 is 0 Å². The van der Waals surface area contributed by atoms with Crippen LogP contribution in [0.2, 0.25) is 0 Å². The molecule has 0 unspecified atom stereocenters. The van der Waals surface area contributed by atoms with E-state index in [1.54, 1.807) is 36.2 Å². The molecule has 118 valence electrons. The molecule has 0 heterocycles. The molecule has 4 nitrogen and oxygen atoms in total. The van der Waals surface area contributed by atoms with E-state index in [0.717, 1.165) is 18.4 Å². The first-order valence-corrected chi connectivity index (χ1v) is 7.84. The van der Waals surface area contributed by atoms with Crippen LogP contribution in [0.1, 0.15) is 39.1 Å². The predicted octanol–water partition coefficient (Wildman–Crippen LogP) is 2.85. The van der Waals surface area contributed by atoms with E-state index < -0.39 is 0 Å². The van der Waals surface area contributed by atoms with Gasteiger partial charge in [0, 0.05) is 30.8 Å². The van der Waals surface area contributed by atoms with Gasteiger partial charge in [0.05, 0.1) is 0 Å². The second-order valence-electron chi connectivity index (χ2n) is 5.97. The Morgan fingerprint density at radius 1 is 1.00 bits per heavy atom. The summed E-state index contributed by atoms with van der Waals surface area (Å²) in [7, 11) is 1.78. The van der Waals surface area contributed by atoms with Crippen molar-refractivity contribution in [3.63, 3.8) is 0 Å². The molecule has 2 aromatic carbocycles. The van der Waals surface area contributed by atoms with E-state index in [0.29, 0.717) is 23.7 Å². The number of nitrogens with zero attached hydrogens (tertiary/aromatic N) is 1. The molecule has 0 radical (unpaired) electrons. The van der Waals surface area contributed by atoms with Gasteiger partial charge >= 0.3 is 0 Å². The SMILES string of the molecule is CN(Cc1ccccc1)C(=O)c1ccc(C(=O)NC2CC2)cc1. The van der Waals surface area contributed by atoms with Gasteiger partial charge in [-0.05, 0) is 42.7 Å². The summed E-state index contributed by atoms with van der Waals surface area (Å²) in [4.78, 5) is 26.1. The standard InChI is InChI=1S/C19H20N2O2/c1-21(13-14-5-3-2-4-6-14)19(23)16-9-7-15(8-10-16)18(22)20-17-11-12-17/h2-10,17H,11-13H2,1H3,(H,20,22). The first-order chi connectivity index (χ1) is 11.1. The molecule has 1 N–H and O–H groups in total. The number of hydrogen-bond donors (Lipinski definition) is 1. The van der Waals surface area contributed by atoms with Crippen molar-refractivity contribution in [1.82, 2.24) is 10.2 Å². The molecule has 3 rings (SSSR count). The molecule has 2 amide bonds. The fourth-order valence-electron chi connectivity index (χ4n) is 2.41. The number of benzene rings is 2. The lowest BCUT2D eigenvalue weighted by molar-refractivity contribution is 0.0784. The van der Waals surface area contributed by atoms with Crippen LogP contribution in [0.5, 0.6) is 0 Å². The molecular weight excluding hydrogens is 288 g/mol. The molecule has 0 aromatic heterocycles. The Labute approximate surface area is 136 Å². The predicted molar refractivity (Wildman–Crippen MR) is 89.2 cm³/mol. The third-order valence-corrected chi connectivity index (χ3v) is 3.92. The van der Waals surface area contributed by atoms with Crippen molar-refractivity contribution in [2.75, 3.05) is 7.05 Å². The second kappa shape index (κ2) is 6.65. The van der Waals surface area contributed by atoms with Crippen LogP contribution in [0.25, 0.3) is 0 Å².